The number of alkyl halides is 1. The minimum Gasteiger partial charge on any atom is -0.380 e. The van der Waals surface area contributed by atoms with E-state index < -0.39 is 0 Å². The number of ether oxygens (including phenoxy) is 1. The Bertz CT molecular complexity index is 188. The number of hydrogen-bond donors (Lipinski definition) is 0. The number of hydrogen-bond acceptors (Lipinski definition) is 2. The van der Waals surface area contributed by atoms with Gasteiger partial charge >= 0.3 is 0 Å². The van der Waals surface area contributed by atoms with Crippen molar-refractivity contribution in [2.75, 3.05) is 39.5 Å². The summed E-state index contributed by atoms with van der Waals surface area (Å²) in [7, 11) is 0. The zero-order chi connectivity index (χ0) is 12.0. The van der Waals surface area contributed by atoms with Crippen molar-refractivity contribution in [1.29, 1.82) is 0 Å². The highest BCUT2D eigenvalue weighted by molar-refractivity contribution is 4.81. The number of nitrogens with zero attached hydrogens (tertiary/aromatic N) is 1. The van der Waals surface area contributed by atoms with Gasteiger partial charge in [-0.2, -0.15) is 0 Å². The van der Waals surface area contributed by atoms with Crippen LogP contribution in [0.15, 0.2) is 0 Å². The Morgan fingerprint density at radius 1 is 1.31 bits per heavy atom. The summed E-state index contributed by atoms with van der Waals surface area (Å²) in [6.45, 7) is 10.9. The molecule has 16 heavy (non-hydrogen) atoms. The van der Waals surface area contributed by atoms with Gasteiger partial charge in [0.25, 0.3) is 0 Å². The SMILES string of the molecule is CC(C)COCCN1CCC(C)(CF)CC1. The molecule has 0 saturated carbocycles. The second-order valence-electron chi connectivity index (χ2n) is 5.75. The molecule has 0 N–H and O–H groups in total. The molecule has 0 bridgehead atoms. The van der Waals surface area contributed by atoms with Crippen molar-refractivity contribution in [1.82, 2.24) is 4.90 Å². The first kappa shape index (κ1) is 13.9. The van der Waals surface area contributed by atoms with Gasteiger partial charge in [0.05, 0.1) is 13.3 Å². The molecule has 0 aromatic rings. The fourth-order valence-corrected chi connectivity index (χ4v) is 1.96. The van der Waals surface area contributed by atoms with Crippen molar-refractivity contribution < 1.29 is 9.13 Å². The second-order valence-corrected chi connectivity index (χ2v) is 5.75. The Balaban J connectivity index is 2.08. The van der Waals surface area contributed by atoms with E-state index in [1.807, 2.05) is 0 Å². The lowest BCUT2D eigenvalue weighted by molar-refractivity contribution is 0.0511. The van der Waals surface area contributed by atoms with E-state index >= 15 is 0 Å². The topological polar surface area (TPSA) is 12.5 Å². The maximum Gasteiger partial charge on any atom is 0.0948 e. The molecule has 1 rings (SSSR count). The molecule has 0 aliphatic carbocycles. The molecule has 0 radical (unpaired) electrons. The van der Waals surface area contributed by atoms with Gasteiger partial charge in [-0.3, -0.25) is 4.39 Å². The summed E-state index contributed by atoms with van der Waals surface area (Å²) in [5.74, 6) is 0.608. The van der Waals surface area contributed by atoms with E-state index in [1.54, 1.807) is 0 Å². The van der Waals surface area contributed by atoms with Gasteiger partial charge in [-0.1, -0.05) is 20.8 Å². The lowest BCUT2D eigenvalue weighted by Crippen LogP contribution is -2.41. The summed E-state index contributed by atoms with van der Waals surface area (Å²) < 4.78 is 18.3. The standard InChI is InChI=1S/C13H26FNO/c1-12(2)10-16-9-8-15-6-4-13(3,11-14)5-7-15/h12H,4-11H2,1-3H3. The van der Waals surface area contributed by atoms with Crippen LogP contribution in [0.1, 0.15) is 33.6 Å². The molecule has 96 valence electrons. The van der Waals surface area contributed by atoms with Gasteiger partial charge in [-0.05, 0) is 37.3 Å². The van der Waals surface area contributed by atoms with Crippen LogP contribution in [0.4, 0.5) is 4.39 Å². The van der Waals surface area contributed by atoms with Crippen molar-refractivity contribution in [2.24, 2.45) is 11.3 Å². The zero-order valence-corrected chi connectivity index (χ0v) is 11.0. The van der Waals surface area contributed by atoms with E-state index in [1.165, 1.54) is 0 Å². The average Bonchev–Trinajstić information content (AvgIpc) is 2.27. The van der Waals surface area contributed by atoms with Crippen LogP contribution in [0.5, 0.6) is 0 Å². The van der Waals surface area contributed by atoms with Crippen molar-refractivity contribution in [2.45, 2.75) is 33.6 Å². The van der Waals surface area contributed by atoms with Gasteiger partial charge in [0.15, 0.2) is 0 Å². The van der Waals surface area contributed by atoms with E-state index in [2.05, 4.69) is 25.7 Å². The summed E-state index contributed by atoms with van der Waals surface area (Å²) in [5, 5.41) is 0. The van der Waals surface area contributed by atoms with Crippen LogP contribution in [0.25, 0.3) is 0 Å². The van der Waals surface area contributed by atoms with Gasteiger partial charge in [-0.15, -0.1) is 0 Å². The minimum atomic E-state index is -0.176. The molecule has 3 heteroatoms. The Labute approximate surface area is 99.2 Å². The Hall–Kier alpha value is -0.150. The predicted octanol–water partition coefficient (Wildman–Crippen LogP) is 2.73. The molecule has 0 amide bonds. The van der Waals surface area contributed by atoms with Gasteiger partial charge in [0.2, 0.25) is 0 Å². The highest BCUT2D eigenvalue weighted by atomic mass is 19.1. The molecule has 0 atom stereocenters. The Kier molecular flexibility index (Phi) is 5.70. The minimum absolute atomic E-state index is 0.0602. The molecule has 0 aromatic heterocycles. The maximum atomic E-state index is 12.7. The second kappa shape index (κ2) is 6.55. The van der Waals surface area contributed by atoms with Crippen LogP contribution in [0.3, 0.4) is 0 Å². The smallest absolute Gasteiger partial charge is 0.0948 e. The number of halogens is 1. The average molecular weight is 231 g/mol. The van der Waals surface area contributed by atoms with Gasteiger partial charge in [0, 0.05) is 13.2 Å². The third kappa shape index (κ3) is 4.79. The number of rotatable bonds is 6. The van der Waals surface area contributed by atoms with Crippen molar-refractivity contribution in [3.8, 4) is 0 Å². The molecule has 1 saturated heterocycles. The van der Waals surface area contributed by atoms with Crippen LogP contribution < -0.4 is 0 Å². The number of piperidine rings is 1. The van der Waals surface area contributed by atoms with E-state index in [9.17, 15) is 4.39 Å². The Morgan fingerprint density at radius 2 is 1.94 bits per heavy atom. The summed E-state index contributed by atoms with van der Waals surface area (Å²) in [6.07, 6.45) is 1.96. The summed E-state index contributed by atoms with van der Waals surface area (Å²) >= 11 is 0. The van der Waals surface area contributed by atoms with Gasteiger partial charge in [0.1, 0.15) is 0 Å². The van der Waals surface area contributed by atoms with Crippen molar-refractivity contribution in [3.05, 3.63) is 0 Å². The van der Waals surface area contributed by atoms with Crippen LogP contribution >= 0.6 is 0 Å². The molecule has 0 spiro atoms. The fourth-order valence-electron chi connectivity index (χ4n) is 1.96. The van der Waals surface area contributed by atoms with Crippen LogP contribution in [0.2, 0.25) is 0 Å². The first-order valence-corrected chi connectivity index (χ1v) is 6.42. The lowest BCUT2D eigenvalue weighted by atomic mass is 9.82. The molecule has 0 aromatic carbocycles. The normalized spacial score (nSPS) is 21.6. The highest BCUT2D eigenvalue weighted by Gasteiger charge is 2.29. The molecule has 0 unspecified atom stereocenters. The van der Waals surface area contributed by atoms with Gasteiger partial charge < -0.3 is 9.64 Å². The van der Waals surface area contributed by atoms with E-state index in [4.69, 9.17) is 4.74 Å². The zero-order valence-electron chi connectivity index (χ0n) is 11.0. The number of likely N-dealkylation sites (tertiary alicyclic amines) is 1. The Morgan fingerprint density at radius 3 is 2.44 bits per heavy atom. The van der Waals surface area contributed by atoms with Crippen LogP contribution in [-0.2, 0) is 4.74 Å². The quantitative estimate of drug-likeness (QED) is 0.652. The summed E-state index contributed by atoms with van der Waals surface area (Å²) in [6, 6.07) is 0. The largest absolute Gasteiger partial charge is 0.380 e. The molecule has 1 heterocycles. The molecule has 1 aliphatic heterocycles. The van der Waals surface area contributed by atoms with Crippen molar-refractivity contribution in [3.63, 3.8) is 0 Å². The van der Waals surface area contributed by atoms with Gasteiger partial charge in [-0.25, -0.2) is 0 Å². The molecule has 1 aliphatic rings. The lowest BCUT2D eigenvalue weighted by Gasteiger charge is -2.37. The molecular weight excluding hydrogens is 205 g/mol. The van der Waals surface area contributed by atoms with Crippen molar-refractivity contribution >= 4 is 0 Å². The predicted molar refractivity (Wildman–Crippen MR) is 65.4 cm³/mol. The first-order chi connectivity index (χ1) is 7.56. The van der Waals surface area contributed by atoms with Crippen LogP contribution in [-0.4, -0.2) is 44.4 Å². The fraction of sp³-hybridized carbons (Fsp3) is 1.00. The van der Waals surface area contributed by atoms with Crippen LogP contribution in [0, 0.1) is 11.3 Å². The summed E-state index contributed by atoms with van der Waals surface area (Å²) in [5.41, 5.74) is -0.0602. The molecule has 1 fully saturated rings. The van der Waals surface area contributed by atoms with E-state index in [-0.39, 0.29) is 12.1 Å². The van der Waals surface area contributed by atoms with E-state index in [0.717, 1.165) is 45.7 Å². The molecular formula is C13H26FNO. The monoisotopic (exact) mass is 231 g/mol. The third-order valence-corrected chi connectivity index (χ3v) is 3.39. The third-order valence-electron chi connectivity index (χ3n) is 3.39. The van der Waals surface area contributed by atoms with E-state index in [0.29, 0.717) is 5.92 Å². The maximum absolute atomic E-state index is 12.7. The summed E-state index contributed by atoms with van der Waals surface area (Å²) in [4.78, 5) is 2.39. The first-order valence-electron chi connectivity index (χ1n) is 6.42. The highest BCUT2D eigenvalue weighted by Crippen LogP contribution is 2.30. The molecule has 2 nitrogen and oxygen atoms in total.